The molecule has 0 amide bonds. The second kappa shape index (κ2) is 5.64. The molecule has 5 nitrogen and oxygen atoms in total. The number of aryl methyl sites for hydroxylation is 1. The van der Waals surface area contributed by atoms with Crippen LogP contribution in [0.5, 0.6) is 0 Å². The fourth-order valence-electron chi connectivity index (χ4n) is 3.67. The fraction of sp³-hybridized carbons (Fsp3) is 0.0455. The maximum Gasteiger partial charge on any atom is 0.270 e. The number of para-hydroxylation sites is 1. The number of aromatic nitrogens is 2. The SMILES string of the molecule is Cc1ccc2c(c1)cc1c3ccccc3nc(-c3cccc([N+](=O)[O-])c3)n21. The van der Waals surface area contributed by atoms with Crippen molar-refractivity contribution in [1.82, 2.24) is 9.38 Å². The molecule has 0 aliphatic heterocycles. The summed E-state index contributed by atoms with van der Waals surface area (Å²) in [6, 6.07) is 23.1. The van der Waals surface area contributed by atoms with Crippen LogP contribution in [0.2, 0.25) is 0 Å². The van der Waals surface area contributed by atoms with Crippen molar-refractivity contribution in [2.75, 3.05) is 0 Å². The van der Waals surface area contributed by atoms with Crippen molar-refractivity contribution in [2.45, 2.75) is 6.92 Å². The molecule has 5 rings (SSSR count). The van der Waals surface area contributed by atoms with Gasteiger partial charge in [0.05, 0.1) is 21.5 Å². The predicted molar refractivity (Wildman–Crippen MR) is 107 cm³/mol. The number of fused-ring (bicyclic) bond motifs is 5. The van der Waals surface area contributed by atoms with Gasteiger partial charge in [0.15, 0.2) is 0 Å². The Bertz CT molecular complexity index is 1370. The summed E-state index contributed by atoms with van der Waals surface area (Å²) in [5, 5.41) is 13.4. The summed E-state index contributed by atoms with van der Waals surface area (Å²) in [5.41, 5.74) is 4.91. The Hall–Kier alpha value is -3.73. The van der Waals surface area contributed by atoms with Gasteiger partial charge in [-0.25, -0.2) is 4.98 Å². The molecule has 0 saturated heterocycles. The van der Waals surface area contributed by atoms with Crippen molar-refractivity contribution in [2.24, 2.45) is 0 Å². The maximum absolute atomic E-state index is 11.2. The van der Waals surface area contributed by atoms with E-state index in [-0.39, 0.29) is 10.6 Å². The first-order valence-corrected chi connectivity index (χ1v) is 8.67. The lowest BCUT2D eigenvalue weighted by Gasteiger charge is -2.10. The molecule has 0 aliphatic carbocycles. The van der Waals surface area contributed by atoms with Crippen molar-refractivity contribution in [3.8, 4) is 11.4 Å². The van der Waals surface area contributed by atoms with Crippen LogP contribution in [0.25, 0.3) is 38.7 Å². The molecule has 2 heterocycles. The van der Waals surface area contributed by atoms with E-state index in [1.54, 1.807) is 12.1 Å². The second-order valence-corrected chi connectivity index (χ2v) is 6.69. The lowest BCUT2D eigenvalue weighted by Crippen LogP contribution is -1.98. The number of non-ortho nitro benzene ring substituents is 1. The van der Waals surface area contributed by atoms with Gasteiger partial charge in [0.1, 0.15) is 5.82 Å². The van der Waals surface area contributed by atoms with E-state index in [1.807, 2.05) is 24.3 Å². The Morgan fingerprint density at radius 1 is 0.926 bits per heavy atom. The molecule has 27 heavy (non-hydrogen) atoms. The van der Waals surface area contributed by atoms with Gasteiger partial charge in [-0.2, -0.15) is 0 Å². The number of hydrogen-bond donors (Lipinski definition) is 0. The summed E-state index contributed by atoms with van der Waals surface area (Å²) in [4.78, 5) is 15.7. The molecule has 0 atom stereocenters. The summed E-state index contributed by atoms with van der Waals surface area (Å²) in [7, 11) is 0. The highest BCUT2D eigenvalue weighted by molar-refractivity contribution is 6.02. The highest BCUT2D eigenvalue weighted by Gasteiger charge is 2.16. The molecule has 130 valence electrons. The van der Waals surface area contributed by atoms with E-state index in [9.17, 15) is 10.1 Å². The largest absolute Gasteiger partial charge is 0.293 e. The van der Waals surface area contributed by atoms with Crippen molar-refractivity contribution < 1.29 is 4.92 Å². The number of benzene rings is 3. The highest BCUT2D eigenvalue weighted by Crippen LogP contribution is 2.32. The predicted octanol–water partition coefficient (Wildman–Crippen LogP) is 5.52. The Balaban J connectivity index is 1.97. The molecule has 0 fully saturated rings. The van der Waals surface area contributed by atoms with Gasteiger partial charge < -0.3 is 0 Å². The van der Waals surface area contributed by atoms with E-state index in [1.165, 1.54) is 11.6 Å². The van der Waals surface area contributed by atoms with E-state index in [0.717, 1.165) is 32.9 Å². The van der Waals surface area contributed by atoms with E-state index in [0.29, 0.717) is 5.82 Å². The molecule has 0 spiro atoms. The molecule has 3 aromatic carbocycles. The van der Waals surface area contributed by atoms with E-state index >= 15 is 0 Å². The van der Waals surface area contributed by atoms with Crippen LogP contribution in [-0.2, 0) is 0 Å². The third-order valence-electron chi connectivity index (χ3n) is 4.89. The first kappa shape index (κ1) is 15.5. The van der Waals surface area contributed by atoms with Crippen LogP contribution in [0.15, 0.2) is 72.8 Å². The highest BCUT2D eigenvalue weighted by atomic mass is 16.6. The van der Waals surface area contributed by atoms with Gasteiger partial charge in [0.25, 0.3) is 5.69 Å². The molecule has 0 N–H and O–H groups in total. The molecule has 0 bridgehead atoms. The second-order valence-electron chi connectivity index (χ2n) is 6.69. The van der Waals surface area contributed by atoms with E-state index in [2.05, 4.69) is 41.7 Å². The van der Waals surface area contributed by atoms with Crippen molar-refractivity contribution in [3.05, 3.63) is 88.5 Å². The van der Waals surface area contributed by atoms with E-state index < -0.39 is 0 Å². The topological polar surface area (TPSA) is 60.4 Å². The summed E-state index contributed by atoms with van der Waals surface area (Å²) in [6.07, 6.45) is 0. The Labute approximate surface area is 154 Å². The molecule has 5 aromatic rings. The quantitative estimate of drug-likeness (QED) is 0.310. The Kier molecular flexibility index (Phi) is 3.24. The number of rotatable bonds is 2. The zero-order valence-corrected chi connectivity index (χ0v) is 14.6. The monoisotopic (exact) mass is 353 g/mol. The number of nitro groups is 1. The number of nitrogens with zero attached hydrogens (tertiary/aromatic N) is 3. The van der Waals surface area contributed by atoms with Gasteiger partial charge in [-0.05, 0) is 31.2 Å². The molecule has 0 radical (unpaired) electrons. The molecule has 0 unspecified atom stereocenters. The molecular weight excluding hydrogens is 338 g/mol. The summed E-state index contributed by atoms with van der Waals surface area (Å²) in [6.45, 7) is 2.07. The van der Waals surface area contributed by atoms with E-state index in [4.69, 9.17) is 4.98 Å². The smallest absolute Gasteiger partial charge is 0.270 e. The third kappa shape index (κ3) is 2.36. The van der Waals surface area contributed by atoms with Gasteiger partial charge in [-0.15, -0.1) is 0 Å². The Morgan fingerprint density at radius 2 is 1.78 bits per heavy atom. The van der Waals surface area contributed by atoms with Crippen LogP contribution in [0.1, 0.15) is 5.56 Å². The number of nitro benzene ring substituents is 1. The van der Waals surface area contributed by atoms with Gasteiger partial charge in [-0.1, -0.05) is 42.0 Å². The lowest BCUT2D eigenvalue weighted by molar-refractivity contribution is -0.384. The van der Waals surface area contributed by atoms with Gasteiger partial charge in [-0.3, -0.25) is 14.5 Å². The van der Waals surface area contributed by atoms with Crippen molar-refractivity contribution in [3.63, 3.8) is 0 Å². The zero-order valence-electron chi connectivity index (χ0n) is 14.6. The van der Waals surface area contributed by atoms with Crippen molar-refractivity contribution in [1.29, 1.82) is 0 Å². The standard InChI is InChI=1S/C22H15N3O2/c1-14-9-10-20-16(11-14)13-21-18-7-2-3-8-19(18)23-22(24(20)21)15-5-4-6-17(12-15)25(26)27/h2-13H,1H3. The zero-order chi connectivity index (χ0) is 18.5. The van der Waals surface area contributed by atoms with Gasteiger partial charge in [0.2, 0.25) is 0 Å². The maximum atomic E-state index is 11.2. The minimum atomic E-state index is -0.376. The number of hydrogen-bond acceptors (Lipinski definition) is 3. The van der Waals surface area contributed by atoms with Crippen molar-refractivity contribution >= 4 is 33.0 Å². The van der Waals surface area contributed by atoms with Crippen LogP contribution >= 0.6 is 0 Å². The van der Waals surface area contributed by atoms with Crippen LogP contribution < -0.4 is 0 Å². The normalized spacial score (nSPS) is 11.4. The molecule has 5 heteroatoms. The summed E-state index contributed by atoms with van der Waals surface area (Å²) >= 11 is 0. The third-order valence-corrected chi connectivity index (χ3v) is 4.89. The molecule has 2 aromatic heterocycles. The summed E-state index contributed by atoms with van der Waals surface area (Å²) in [5.74, 6) is 0.700. The van der Waals surface area contributed by atoms with Crippen LogP contribution in [0.4, 0.5) is 5.69 Å². The minimum Gasteiger partial charge on any atom is -0.293 e. The van der Waals surface area contributed by atoms with Crippen LogP contribution in [-0.4, -0.2) is 14.3 Å². The van der Waals surface area contributed by atoms with Gasteiger partial charge >= 0.3 is 0 Å². The minimum absolute atomic E-state index is 0.0583. The lowest BCUT2D eigenvalue weighted by atomic mass is 10.1. The summed E-state index contributed by atoms with van der Waals surface area (Å²) < 4.78 is 2.09. The van der Waals surface area contributed by atoms with Crippen LogP contribution in [0.3, 0.4) is 0 Å². The van der Waals surface area contributed by atoms with Gasteiger partial charge in [0, 0.05) is 28.5 Å². The molecule has 0 saturated carbocycles. The first-order chi connectivity index (χ1) is 13.1. The molecular formula is C22H15N3O2. The fourth-order valence-corrected chi connectivity index (χ4v) is 3.67. The molecule has 0 aliphatic rings. The average molecular weight is 353 g/mol. The first-order valence-electron chi connectivity index (χ1n) is 8.67. The van der Waals surface area contributed by atoms with Crippen LogP contribution in [0, 0.1) is 17.0 Å². The average Bonchev–Trinajstić information content (AvgIpc) is 3.06. The Morgan fingerprint density at radius 3 is 2.63 bits per heavy atom.